The number of morpholine rings is 1. The molecule has 178 valence electrons. The molecule has 34 heavy (non-hydrogen) atoms. The Morgan fingerprint density at radius 2 is 1.76 bits per heavy atom. The summed E-state index contributed by atoms with van der Waals surface area (Å²) in [7, 11) is 0. The van der Waals surface area contributed by atoms with E-state index < -0.39 is 0 Å². The van der Waals surface area contributed by atoms with Gasteiger partial charge in [-0.1, -0.05) is 26.0 Å². The Labute approximate surface area is 200 Å². The number of hydrogen-bond donors (Lipinski definition) is 1. The van der Waals surface area contributed by atoms with Crippen molar-refractivity contribution in [3.63, 3.8) is 0 Å². The van der Waals surface area contributed by atoms with Gasteiger partial charge in [0, 0.05) is 61.0 Å². The maximum absolute atomic E-state index is 10.9. The number of anilines is 3. The molecule has 4 heterocycles. The molecule has 0 saturated carbocycles. The molecule has 1 N–H and O–H groups in total. The Kier molecular flexibility index (Phi) is 6.60. The molecule has 0 radical (unpaired) electrons. The Bertz CT molecular complexity index is 1130. The zero-order valence-corrected chi connectivity index (χ0v) is 19.9. The molecule has 3 aromatic rings. The van der Waals surface area contributed by atoms with Crippen LogP contribution in [0.4, 0.5) is 17.5 Å². The van der Waals surface area contributed by atoms with Gasteiger partial charge in [-0.15, -0.1) is 0 Å². The molecule has 5 rings (SSSR count). The van der Waals surface area contributed by atoms with Crippen LogP contribution in [-0.2, 0) is 17.7 Å². The summed E-state index contributed by atoms with van der Waals surface area (Å²) in [5.41, 5.74) is 4.94. The van der Waals surface area contributed by atoms with Crippen LogP contribution in [-0.4, -0.2) is 70.9 Å². The molecular formula is C26H32N6O2. The molecule has 1 aromatic carbocycles. The Morgan fingerprint density at radius 3 is 2.47 bits per heavy atom. The van der Waals surface area contributed by atoms with Gasteiger partial charge in [-0.3, -0.25) is 9.88 Å². The summed E-state index contributed by atoms with van der Waals surface area (Å²) in [6.07, 6.45) is 4.47. The molecule has 0 aliphatic carbocycles. The van der Waals surface area contributed by atoms with Gasteiger partial charge >= 0.3 is 0 Å². The SMILES string of the molecule is CCN(CC)Cc1ccc(-c2nc(N3CCOCC3)nc3c2CCN3c2ccncc2)cc1O. The monoisotopic (exact) mass is 460 g/mol. The Hall–Kier alpha value is -3.23. The lowest BCUT2D eigenvalue weighted by molar-refractivity contribution is 0.122. The number of aromatic hydroxyl groups is 1. The number of hydrogen-bond acceptors (Lipinski definition) is 8. The number of rotatable bonds is 7. The lowest BCUT2D eigenvalue weighted by atomic mass is 10.0. The number of nitrogens with zero attached hydrogens (tertiary/aromatic N) is 6. The third kappa shape index (κ3) is 4.43. The number of pyridine rings is 1. The van der Waals surface area contributed by atoms with Crippen molar-refractivity contribution in [2.24, 2.45) is 0 Å². The number of phenolic OH excluding ortho intramolecular Hbond substituents is 1. The summed E-state index contributed by atoms with van der Waals surface area (Å²) < 4.78 is 5.55. The standard InChI is InChI=1S/C26H32N6O2/c1-3-30(4-2)18-20-6-5-19(17-23(20)33)24-22-9-12-32(21-7-10-27-11-8-21)25(22)29-26(28-24)31-13-15-34-16-14-31/h5-8,10-11,17,33H,3-4,9,12-16,18H2,1-2H3. The van der Waals surface area contributed by atoms with Crippen molar-refractivity contribution < 1.29 is 9.84 Å². The number of fused-ring (bicyclic) bond motifs is 1. The fourth-order valence-electron chi connectivity index (χ4n) is 4.70. The molecule has 0 unspecified atom stereocenters. The van der Waals surface area contributed by atoms with E-state index in [0.717, 1.165) is 79.6 Å². The van der Waals surface area contributed by atoms with Crippen LogP contribution in [0.2, 0.25) is 0 Å². The van der Waals surface area contributed by atoms with E-state index in [-0.39, 0.29) is 0 Å². The van der Waals surface area contributed by atoms with Crippen LogP contribution < -0.4 is 9.80 Å². The molecule has 2 aromatic heterocycles. The predicted octanol–water partition coefficient (Wildman–Crippen LogP) is 3.62. The van der Waals surface area contributed by atoms with Crippen LogP contribution in [0.5, 0.6) is 5.75 Å². The topological polar surface area (TPSA) is 77.9 Å². The zero-order chi connectivity index (χ0) is 23.5. The second-order valence-electron chi connectivity index (χ2n) is 8.69. The molecular weight excluding hydrogens is 428 g/mol. The molecule has 1 fully saturated rings. The van der Waals surface area contributed by atoms with Crippen molar-refractivity contribution in [2.45, 2.75) is 26.8 Å². The van der Waals surface area contributed by atoms with Gasteiger partial charge in [0.05, 0.1) is 18.9 Å². The number of aromatic nitrogens is 3. The number of ether oxygens (including phenoxy) is 1. The van der Waals surface area contributed by atoms with Gasteiger partial charge in [-0.05, 0) is 37.7 Å². The van der Waals surface area contributed by atoms with E-state index in [1.807, 2.05) is 36.7 Å². The minimum absolute atomic E-state index is 0.314. The third-order valence-corrected chi connectivity index (χ3v) is 6.73. The van der Waals surface area contributed by atoms with Gasteiger partial charge in [0.25, 0.3) is 0 Å². The summed E-state index contributed by atoms with van der Waals surface area (Å²) in [5.74, 6) is 1.96. The largest absolute Gasteiger partial charge is 0.508 e. The van der Waals surface area contributed by atoms with Gasteiger partial charge in [-0.2, -0.15) is 4.98 Å². The lowest BCUT2D eigenvalue weighted by Gasteiger charge is -2.28. The zero-order valence-electron chi connectivity index (χ0n) is 19.9. The first kappa shape index (κ1) is 22.6. The van der Waals surface area contributed by atoms with Crippen molar-refractivity contribution in [2.75, 3.05) is 55.7 Å². The van der Waals surface area contributed by atoms with E-state index in [1.54, 1.807) is 0 Å². The molecule has 2 aliphatic heterocycles. The first-order valence-corrected chi connectivity index (χ1v) is 12.1. The van der Waals surface area contributed by atoms with Crippen LogP contribution in [0.25, 0.3) is 11.3 Å². The van der Waals surface area contributed by atoms with Gasteiger partial charge < -0.3 is 19.6 Å². The fraction of sp³-hybridized carbons (Fsp3) is 0.423. The summed E-state index contributed by atoms with van der Waals surface area (Å²) in [6.45, 7) is 10.6. The number of benzene rings is 1. The molecule has 0 atom stereocenters. The van der Waals surface area contributed by atoms with Crippen LogP contribution >= 0.6 is 0 Å². The van der Waals surface area contributed by atoms with Crippen molar-refractivity contribution in [3.8, 4) is 17.0 Å². The normalized spacial score (nSPS) is 15.7. The van der Waals surface area contributed by atoms with Crippen LogP contribution in [0.3, 0.4) is 0 Å². The Morgan fingerprint density at radius 1 is 1.00 bits per heavy atom. The van der Waals surface area contributed by atoms with Gasteiger partial charge in [0.15, 0.2) is 0 Å². The highest BCUT2D eigenvalue weighted by atomic mass is 16.5. The summed E-state index contributed by atoms with van der Waals surface area (Å²) >= 11 is 0. The van der Waals surface area contributed by atoms with Crippen LogP contribution in [0.1, 0.15) is 25.0 Å². The third-order valence-electron chi connectivity index (χ3n) is 6.73. The molecule has 1 saturated heterocycles. The summed E-state index contributed by atoms with van der Waals surface area (Å²) in [4.78, 5) is 20.9. The van der Waals surface area contributed by atoms with E-state index >= 15 is 0 Å². The van der Waals surface area contributed by atoms with E-state index in [4.69, 9.17) is 14.7 Å². The fourth-order valence-corrected chi connectivity index (χ4v) is 4.70. The molecule has 0 amide bonds. The molecule has 2 aliphatic rings. The minimum atomic E-state index is 0.314. The quantitative estimate of drug-likeness (QED) is 0.573. The lowest BCUT2D eigenvalue weighted by Crippen LogP contribution is -2.37. The Balaban J connectivity index is 1.57. The second-order valence-corrected chi connectivity index (χ2v) is 8.69. The van der Waals surface area contributed by atoms with Gasteiger partial charge in [0.2, 0.25) is 5.95 Å². The highest BCUT2D eigenvalue weighted by Gasteiger charge is 2.29. The van der Waals surface area contributed by atoms with E-state index in [1.165, 1.54) is 0 Å². The first-order valence-electron chi connectivity index (χ1n) is 12.1. The van der Waals surface area contributed by atoms with Crippen molar-refractivity contribution in [1.82, 2.24) is 19.9 Å². The van der Waals surface area contributed by atoms with E-state index in [9.17, 15) is 5.11 Å². The highest BCUT2D eigenvalue weighted by molar-refractivity contribution is 5.77. The van der Waals surface area contributed by atoms with E-state index in [0.29, 0.717) is 24.9 Å². The average molecular weight is 461 g/mol. The predicted molar refractivity (Wildman–Crippen MR) is 134 cm³/mol. The maximum Gasteiger partial charge on any atom is 0.228 e. The molecule has 8 nitrogen and oxygen atoms in total. The van der Waals surface area contributed by atoms with Crippen LogP contribution in [0.15, 0.2) is 42.7 Å². The summed E-state index contributed by atoms with van der Waals surface area (Å²) in [6, 6.07) is 10.00. The van der Waals surface area contributed by atoms with E-state index in [2.05, 4.69) is 39.6 Å². The van der Waals surface area contributed by atoms with Gasteiger partial charge in [0.1, 0.15) is 11.6 Å². The number of phenols is 1. The van der Waals surface area contributed by atoms with Gasteiger partial charge in [-0.25, -0.2) is 4.98 Å². The van der Waals surface area contributed by atoms with Crippen molar-refractivity contribution in [1.29, 1.82) is 0 Å². The first-order chi connectivity index (χ1) is 16.7. The molecule has 8 heteroatoms. The highest BCUT2D eigenvalue weighted by Crippen LogP contribution is 2.40. The maximum atomic E-state index is 10.9. The van der Waals surface area contributed by atoms with Crippen molar-refractivity contribution >= 4 is 17.5 Å². The average Bonchev–Trinajstić information content (AvgIpc) is 3.32. The smallest absolute Gasteiger partial charge is 0.228 e. The van der Waals surface area contributed by atoms with Crippen molar-refractivity contribution in [3.05, 3.63) is 53.9 Å². The summed E-state index contributed by atoms with van der Waals surface area (Å²) in [5, 5.41) is 10.9. The van der Waals surface area contributed by atoms with Crippen LogP contribution in [0, 0.1) is 0 Å². The second kappa shape index (κ2) is 9.95. The minimum Gasteiger partial charge on any atom is -0.508 e. The molecule has 0 bridgehead atoms. The molecule has 0 spiro atoms.